The lowest BCUT2D eigenvalue weighted by Crippen LogP contribution is -2.45. The van der Waals surface area contributed by atoms with Gasteiger partial charge in [-0.2, -0.15) is 0 Å². The maximum Gasteiger partial charge on any atom is 0.245 e. The molecular formula is C22H27NO6S3. The van der Waals surface area contributed by atoms with Crippen molar-refractivity contribution in [2.45, 2.75) is 62.9 Å². The van der Waals surface area contributed by atoms with Crippen molar-refractivity contribution in [2.24, 2.45) is 0 Å². The van der Waals surface area contributed by atoms with Crippen molar-refractivity contribution in [3.05, 3.63) is 34.0 Å². The van der Waals surface area contributed by atoms with Crippen LogP contribution in [0.5, 0.6) is 0 Å². The summed E-state index contributed by atoms with van der Waals surface area (Å²) in [5.74, 6) is -0.398. The standard InChI is InChI=1S/C22H27NO6S3/c1-15(24)16-7-8-17(30-16)18-9-10-19(31-18)22(11-3-5-13-32(22,26)27)14-20(25)23-29-21-6-2-4-12-28-21/h7-10,21H,2-6,11-14H2,1H3,(H,23,25)/t21?,22-/m0/s1. The molecule has 2 aromatic rings. The number of hydrogen-bond acceptors (Lipinski definition) is 8. The first-order valence-electron chi connectivity index (χ1n) is 10.8. The molecular weight excluding hydrogens is 470 g/mol. The van der Waals surface area contributed by atoms with E-state index in [1.54, 1.807) is 6.07 Å². The topological polar surface area (TPSA) is 98.8 Å². The van der Waals surface area contributed by atoms with Gasteiger partial charge in [-0.15, -0.1) is 22.7 Å². The molecule has 4 rings (SSSR count). The number of hydrogen-bond donors (Lipinski definition) is 1. The molecule has 0 aliphatic carbocycles. The second kappa shape index (κ2) is 9.72. The van der Waals surface area contributed by atoms with Gasteiger partial charge in [-0.3, -0.25) is 9.59 Å². The number of nitrogens with one attached hydrogen (secondary N) is 1. The zero-order valence-corrected chi connectivity index (χ0v) is 20.4. The Kier molecular flexibility index (Phi) is 7.16. The predicted molar refractivity (Wildman–Crippen MR) is 124 cm³/mol. The molecule has 32 heavy (non-hydrogen) atoms. The van der Waals surface area contributed by atoms with E-state index in [2.05, 4.69) is 5.48 Å². The smallest absolute Gasteiger partial charge is 0.245 e. The van der Waals surface area contributed by atoms with Gasteiger partial charge in [0.2, 0.25) is 5.91 Å². The van der Waals surface area contributed by atoms with E-state index in [0.717, 1.165) is 29.0 Å². The highest BCUT2D eigenvalue weighted by Gasteiger charge is 2.49. The van der Waals surface area contributed by atoms with Crippen molar-refractivity contribution in [3.63, 3.8) is 0 Å². The van der Waals surface area contributed by atoms with Gasteiger partial charge in [0.15, 0.2) is 21.9 Å². The molecule has 2 aromatic heterocycles. The summed E-state index contributed by atoms with van der Waals surface area (Å²) in [7, 11) is -3.54. The number of ether oxygens (including phenoxy) is 1. The molecule has 0 bridgehead atoms. The lowest BCUT2D eigenvalue weighted by atomic mass is 9.94. The zero-order chi connectivity index (χ0) is 22.8. The third-order valence-corrected chi connectivity index (χ3v) is 11.4. The molecule has 1 amide bonds. The van der Waals surface area contributed by atoms with Crippen LogP contribution in [0.3, 0.4) is 0 Å². The highest BCUT2D eigenvalue weighted by Crippen LogP contribution is 2.48. The summed E-state index contributed by atoms with van der Waals surface area (Å²) < 4.78 is 30.8. The van der Waals surface area contributed by atoms with Gasteiger partial charge in [0.25, 0.3) is 0 Å². The molecule has 0 aromatic carbocycles. The number of sulfone groups is 1. The highest BCUT2D eigenvalue weighted by molar-refractivity contribution is 7.92. The number of carbonyl (C=O) groups is 2. The van der Waals surface area contributed by atoms with Crippen molar-refractivity contribution in [2.75, 3.05) is 12.4 Å². The summed E-state index contributed by atoms with van der Waals surface area (Å²) in [6, 6.07) is 7.36. The second-order valence-electron chi connectivity index (χ2n) is 8.27. The van der Waals surface area contributed by atoms with E-state index in [-0.39, 0.29) is 18.0 Å². The Morgan fingerprint density at radius 1 is 1.12 bits per heavy atom. The molecule has 2 fully saturated rings. The van der Waals surface area contributed by atoms with Crippen LogP contribution < -0.4 is 5.48 Å². The minimum atomic E-state index is -3.54. The first-order valence-corrected chi connectivity index (χ1v) is 14.1. The summed E-state index contributed by atoms with van der Waals surface area (Å²) in [4.78, 5) is 33.0. The molecule has 0 spiro atoms. The quantitative estimate of drug-likeness (QED) is 0.449. The number of ketones is 1. The summed E-state index contributed by atoms with van der Waals surface area (Å²) in [5, 5.41) is 0. The molecule has 7 nitrogen and oxygen atoms in total. The average Bonchev–Trinajstić information content (AvgIpc) is 3.44. The molecule has 10 heteroatoms. The molecule has 2 aliphatic heterocycles. The fraction of sp³-hybridized carbons (Fsp3) is 0.545. The van der Waals surface area contributed by atoms with Crippen LogP contribution in [0, 0.1) is 0 Å². The van der Waals surface area contributed by atoms with Gasteiger partial charge in [0.05, 0.1) is 17.1 Å². The van der Waals surface area contributed by atoms with Crippen LogP contribution in [-0.4, -0.2) is 38.8 Å². The van der Waals surface area contributed by atoms with E-state index in [9.17, 15) is 18.0 Å². The normalized spacial score (nSPS) is 25.3. The first kappa shape index (κ1) is 23.6. The maximum absolute atomic E-state index is 13.3. The number of rotatable bonds is 7. The summed E-state index contributed by atoms with van der Waals surface area (Å²) in [5.41, 5.74) is 2.43. The lowest BCUT2D eigenvalue weighted by molar-refractivity contribution is -0.200. The number of thiophene rings is 2. The van der Waals surface area contributed by atoms with E-state index >= 15 is 0 Å². The van der Waals surface area contributed by atoms with E-state index in [1.165, 1.54) is 29.6 Å². The third-order valence-electron chi connectivity index (χ3n) is 5.98. The van der Waals surface area contributed by atoms with E-state index in [1.807, 2.05) is 18.2 Å². The van der Waals surface area contributed by atoms with Gasteiger partial charge in [-0.25, -0.2) is 18.7 Å². The average molecular weight is 498 g/mol. The molecule has 2 atom stereocenters. The fourth-order valence-electron chi connectivity index (χ4n) is 4.22. The van der Waals surface area contributed by atoms with Gasteiger partial charge < -0.3 is 4.74 Å². The van der Waals surface area contributed by atoms with Crippen LogP contribution in [0.4, 0.5) is 0 Å². The lowest BCUT2D eigenvalue weighted by Gasteiger charge is -2.35. The molecule has 2 saturated heterocycles. The maximum atomic E-state index is 13.3. The van der Waals surface area contributed by atoms with Gasteiger partial charge >= 0.3 is 0 Å². The Morgan fingerprint density at radius 2 is 1.91 bits per heavy atom. The van der Waals surface area contributed by atoms with Crippen molar-refractivity contribution >= 4 is 44.2 Å². The molecule has 1 N–H and O–H groups in total. The fourth-order valence-corrected chi connectivity index (χ4v) is 8.99. The Morgan fingerprint density at radius 3 is 2.59 bits per heavy atom. The minimum absolute atomic E-state index is 0.00275. The zero-order valence-electron chi connectivity index (χ0n) is 17.9. The Bertz CT molecular complexity index is 1080. The van der Waals surface area contributed by atoms with Gasteiger partial charge in [0, 0.05) is 27.7 Å². The van der Waals surface area contributed by atoms with E-state index in [0.29, 0.717) is 35.6 Å². The molecule has 0 saturated carbocycles. The molecule has 1 unspecified atom stereocenters. The van der Waals surface area contributed by atoms with Crippen molar-refractivity contribution in [1.29, 1.82) is 0 Å². The van der Waals surface area contributed by atoms with Gasteiger partial charge in [-0.05, 0) is 56.9 Å². The van der Waals surface area contributed by atoms with Crippen molar-refractivity contribution in [3.8, 4) is 9.75 Å². The minimum Gasteiger partial charge on any atom is -0.350 e. The number of Topliss-reactive ketones (excluding diaryl/α,β-unsaturated/α-hetero) is 1. The van der Waals surface area contributed by atoms with Crippen molar-refractivity contribution in [1.82, 2.24) is 5.48 Å². The number of hydroxylamine groups is 1. The van der Waals surface area contributed by atoms with Crippen molar-refractivity contribution < 1.29 is 27.6 Å². The molecule has 174 valence electrons. The molecule has 4 heterocycles. The van der Waals surface area contributed by atoms with Crippen LogP contribution in [0.15, 0.2) is 24.3 Å². The number of amides is 1. The summed E-state index contributed by atoms with van der Waals surface area (Å²) >= 11 is 2.77. The summed E-state index contributed by atoms with van der Waals surface area (Å²) in [6.07, 6.45) is 3.68. The van der Waals surface area contributed by atoms with Gasteiger partial charge in [-0.1, -0.05) is 6.42 Å². The third kappa shape index (κ3) is 4.84. The predicted octanol–water partition coefficient (Wildman–Crippen LogP) is 4.44. The summed E-state index contributed by atoms with van der Waals surface area (Å²) in [6.45, 7) is 2.11. The number of carbonyl (C=O) groups excluding carboxylic acids is 2. The largest absolute Gasteiger partial charge is 0.350 e. The second-order valence-corrected chi connectivity index (χ2v) is 12.9. The Hall–Kier alpha value is -1.59. The van der Waals surface area contributed by atoms with E-state index in [4.69, 9.17) is 9.57 Å². The van der Waals surface area contributed by atoms with Crippen LogP contribution >= 0.6 is 22.7 Å². The van der Waals surface area contributed by atoms with E-state index < -0.39 is 26.8 Å². The van der Waals surface area contributed by atoms with Crippen LogP contribution in [-0.2, 0) is 29.0 Å². The molecule has 0 radical (unpaired) electrons. The monoisotopic (exact) mass is 497 g/mol. The van der Waals surface area contributed by atoms with Crippen LogP contribution in [0.2, 0.25) is 0 Å². The Labute approximate surface area is 196 Å². The van der Waals surface area contributed by atoms with Crippen LogP contribution in [0.25, 0.3) is 9.75 Å². The van der Waals surface area contributed by atoms with Gasteiger partial charge in [0.1, 0.15) is 4.75 Å². The SMILES string of the molecule is CC(=O)c1ccc(-c2ccc([C@@]3(CC(=O)NOC4CCCCO4)CCCCS3(=O)=O)s2)s1. The first-order chi connectivity index (χ1) is 15.3. The van der Waals surface area contributed by atoms with Crippen LogP contribution in [0.1, 0.15) is 66.4 Å². The highest BCUT2D eigenvalue weighted by atomic mass is 32.2. The Balaban J connectivity index is 1.57. The molecule has 2 aliphatic rings.